The SMILES string of the molecule is CCOC1CCC2(CC1)N=C(c1cc(Cl)cc(Cl)c1)C(=O)N2C(CCC(C)C)c1ccccc1. The third-order valence-electron chi connectivity index (χ3n) is 6.97. The van der Waals surface area contributed by atoms with E-state index in [2.05, 4.69) is 43.0 Å². The highest BCUT2D eigenvalue weighted by molar-refractivity contribution is 6.47. The lowest BCUT2D eigenvalue weighted by atomic mass is 9.84. The number of hydrogen-bond acceptors (Lipinski definition) is 3. The maximum absolute atomic E-state index is 14.1. The molecule has 1 heterocycles. The normalized spacial score (nSPS) is 23.6. The van der Waals surface area contributed by atoms with Crippen LogP contribution in [-0.2, 0) is 9.53 Å². The van der Waals surface area contributed by atoms with Crippen molar-refractivity contribution < 1.29 is 9.53 Å². The van der Waals surface area contributed by atoms with Crippen LogP contribution < -0.4 is 0 Å². The summed E-state index contributed by atoms with van der Waals surface area (Å²) in [4.78, 5) is 21.4. The van der Waals surface area contributed by atoms with Gasteiger partial charge >= 0.3 is 0 Å². The van der Waals surface area contributed by atoms with Crippen LogP contribution in [0.5, 0.6) is 0 Å². The Balaban J connectivity index is 1.77. The molecule has 1 atom stereocenters. The molecule has 2 aromatic carbocycles. The van der Waals surface area contributed by atoms with Crippen molar-refractivity contribution in [1.29, 1.82) is 0 Å². The second kappa shape index (κ2) is 10.8. The number of rotatable bonds is 8. The molecule has 0 bridgehead atoms. The van der Waals surface area contributed by atoms with Crippen molar-refractivity contribution in [3.63, 3.8) is 0 Å². The molecule has 182 valence electrons. The van der Waals surface area contributed by atoms with Crippen molar-refractivity contribution in [3.05, 3.63) is 69.7 Å². The van der Waals surface area contributed by atoms with E-state index in [1.165, 1.54) is 0 Å². The Morgan fingerprint density at radius 2 is 1.71 bits per heavy atom. The Morgan fingerprint density at radius 3 is 2.29 bits per heavy atom. The van der Waals surface area contributed by atoms with Gasteiger partial charge in [0.1, 0.15) is 11.4 Å². The summed E-state index contributed by atoms with van der Waals surface area (Å²) >= 11 is 12.6. The van der Waals surface area contributed by atoms with Gasteiger partial charge in [0.2, 0.25) is 0 Å². The maximum atomic E-state index is 14.1. The fourth-order valence-electron chi connectivity index (χ4n) is 5.34. The Bertz CT molecular complexity index is 1010. The average molecular weight is 501 g/mol. The molecule has 2 aromatic rings. The fourth-order valence-corrected chi connectivity index (χ4v) is 5.87. The predicted molar refractivity (Wildman–Crippen MR) is 140 cm³/mol. The molecule has 2 aliphatic rings. The topological polar surface area (TPSA) is 41.9 Å². The highest BCUT2D eigenvalue weighted by Crippen LogP contribution is 2.46. The van der Waals surface area contributed by atoms with Gasteiger partial charge < -0.3 is 9.64 Å². The molecule has 0 radical (unpaired) electrons. The molecular weight excluding hydrogens is 467 g/mol. The van der Waals surface area contributed by atoms with Crippen LogP contribution in [0.25, 0.3) is 0 Å². The molecule has 1 aliphatic carbocycles. The molecule has 1 aliphatic heterocycles. The van der Waals surface area contributed by atoms with Gasteiger partial charge in [-0.1, -0.05) is 67.4 Å². The van der Waals surface area contributed by atoms with E-state index < -0.39 is 5.66 Å². The first-order valence-corrected chi connectivity index (χ1v) is 13.1. The lowest BCUT2D eigenvalue weighted by Crippen LogP contribution is -2.51. The monoisotopic (exact) mass is 500 g/mol. The van der Waals surface area contributed by atoms with Gasteiger partial charge in [-0.2, -0.15) is 0 Å². The minimum atomic E-state index is -0.577. The minimum Gasteiger partial charge on any atom is -0.379 e. The molecular formula is C28H34Cl2N2O2. The summed E-state index contributed by atoms with van der Waals surface area (Å²) in [5.41, 5.74) is 1.73. The quantitative estimate of drug-likeness (QED) is 0.376. The van der Waals surface area contributed by atoms with Crippen LogP contribution in [0.1, 0.15) is 76.5 Å². The van der Waals surface area contributed by atoms with Crippen molar-refractivity contribution in [3.8, 4) is 0 Å². The molecule has 0 aromatic heterocycles. The smallest absolute Gasteiger partial charge is 0.275 e. The van der Waals surface area contributed by atoms with Gasteiger partial charge in [0.25, 0.3) is 5.91 Å². The molecule has 0 saturated heterocycles. The van der Waals surface area contributed by atoms with Gasteiger partial charge in [-0.15, -0.1) is 0 Å². The van der Waals surface area contributed by atoms with Crippen molar-refractivity contribution in [1.82, 2.24) is 4.90 Å². The Morgan fingerprint density at radius 1 is 1.06 bits per heavy atom. The van der Waals surface area contributed by atoms with E-state index in [0.717, 1.165) is 44.1 Å². The van der Waals surface area contributed by atoms with Gasteiger partial charge in [0.15, 0.2) is 0 Å². The van der Waals surface area contributed by atoms with E-state index in [-0.39, 0.29) is 18.1 Å². The van der Waals surface area contributed by atoms with E-state index >= 15 is 0 Å². The molecule has 0 N–H and O–H groups in total. The summed E-state index contributed by atoms with van der Waals surface area (Å²) in [7, 11) is 0. The zero-order valence-corrected chi connectivity index (χ0v) is 21.8. The third-order valence-corrected chi connectivity index (χ3v) is 7.41. The van der Waals surface area contributed by atoms with Gasteiger partial charge in [-0.3, -0.25) is 9.79 Å². The number of amides is 1. The fraction of sp³-hybridized carbons (Fsp3) is 0.500. The number of halogens is 2. The molecule has 4 rings (SSSR count). The van der Waals surface area contributed by atoms with Crippen LogP contribution in [-0.4, -0.2) is 34.9 Å². The van der Waals surface area contributed by atoms with E-state index in [9.17, 15) is 4.79 Å². The standard InChI is InChI=1S/C28H34Cl2N2O2/c1-4-34-24-12-14-28(15-13-24)31-26(21-16-22(29)18-23(30)17-21)27(33)32(28)25(11-10-19(2)3)20-8-6-5-7-9-20/h5-9,16-19,24-25H,4,10-15H2,1-3H3. The summed E-state index contributed by atoms with van der Waals surface area (Å²) in [6, 6.07) is 15.6. The van der Waals surface area contributed by atoms with Gasteiger partial charge in [-0.05, 0) is 75.1 Å². The highest BCUT2D eigenvalue weighted by Gasteiger charge is 2.52. The van der Waals surface area contributed by atoms with Crippen LogP contribution in [0, 0.1) is 5.92 Å². The zero-order valence-electron chi connectivity index (χ0n) is 20.3. The largest absolute Gasteiger partial charge is 0.379 e. The third kappa shape index (κ3) is 5.35. The number of aliphatic imine (C=N–C) groups is 1. The number of nitrogens with zero attached hydrogens (tertiary/aromatic N) is 2. The summed E-state index contributed by atoms with van der Waals surface area (Å²) in [5.74, 6) is 0.506. The summed E-state index contributed by atoms with van der Waals surface area (Å²) < 4.78 is 5.93. The summed E-state index contributed by atoms with van der Waals surface area (Å²) in [6.45, 7) is 7.20. The lowest BCUT2D eigenvalue weighted by Gasteiger charge is -2.45. The first-order chi connectivity index (χ1) is 16.3. The lowest BCUT2D eigenvalue weighted by molar-refractivity contribution is -0.134. The number of ether oxygens (including phenoxy) is 1. The molecule has 1 saturated carbocycles. The Labute approximate surface area is 213 Å². The second-order valence-corrected chi connectivity index (χ2v) is 10.7. The van der Waals surface area contributed by atoms with Gasteiger partial charge in [0.05, 0.1) is 12.1 Å². The zero-order chi connectivity index (χ0) is 24.3. The van der Waals surface area contributed by atoms with E-state index in [0.29, 0.717) is 33.8 Å². The highest BCUT2D eigenvalue weighted by atomic mass is 35.5. The summed E-state index contributed by atoms with van der Waals surface area (Å²) in [5, 5.41) is 1.01. The van der Waals surface area contributed by atoms with Gasteiger partial charge in [-0.25, -0.2) is 0 Å². The van der Waals surface area contributed by atoms with Crippen molar-refractivity contribution in [2.24, 2.45) is 10.9 Å². The minimum absolute atomic E-state index is 0.0363. The van der Waals surface area contributed by atoms with Crippen molar-refractivity contribution in [2.75, 3.05) is 6.61 Å². The molecule has 1 amide bonds. The number of benzene rings is 2. The van der Waals surface area contributed by atoms with Crippen LogP contribution in [0.2, 0.25) is 10.0 Å². The van der Waals surface area contributed by atoms with Crippen LogP contribution in [0.15, 0.2) is 53.5 Å². The van der Waals surface area contributed by atoms with E-state index in [4.69, 9.17) is 32.9 Å². The van der Waals surface area contributed by atoms with Crippen LogP contribution in [0.3, 0.4) is 0 Å². The molecule has 6 heteroatoms. The second-order valence-electron chi connectivity index (χ2n) is 9.83. The first-order valence-electron chi connectivity index (χ1n) is 12.4. The number of carbonyl (C=O) groups is 1. The van der Waals surface area contributed by atoms with Crippen LogP contribution >= 0.6 is 23.2 Å². The molecule has 1 fully saturated rings. The summed E-state index contributed by atoms with van der Waals surface area (Å²) in [6.07, 6.45) is 5.48. The Kier molecular flexibility index (Phi) is 8.01. The van der Waals surface area contributed by atoms with E-state index in [1.807, 2.05) is 13.0 Å². The average Bonchev–Trinajstić information content (AvgIpc) is 3.08. The van der Waals surface area contributed by atoms with Crippen LogP contribution in [0.4, 0.5) is 0 Å². The van der Waals surface area contributed by atoms with E-state index in [1.54, 1.807) is 18.2 Å². The molecule has 34 heavy (non-hydrogen) atoms. The van der Waals surface area contributed by atoms with Crippen molar-refractivity contribution >= 4 is 34.8 Å². The molecule has 4 nitrogen and oxygen atoms in total. The molecule has 1 unspecified atom stereocenters. The van der Waals surface area contributed by atoms with Crippen molar-refractivity contribution in [2.45, 2.75) is 77.1 Å². The maximum Gasteiger partial charge on any atom is 0.275 e. The number of hydrogen-bond donors (Lipinski definition) is 0. The molecule has 1 spiro atoms. The Hall–Kier alpha value is -1.88. The predicted octanol–water partition coefficient (Wildman–Crippen LogP) is 7.48. The number of carbonyl (C=O) groups excluding carboxylic acids is 1. The first kappa shape index (κ1) is 25.2. The van der Waals surface area contributed by atoms with Gasteiger partial charge in [0, 0.05) is 22.2 Å².